The van der Waals surface area contributed by atoms with Gasteiger partial charge in [-0.3, -0.25) is 4.79 Å². The average Bonchev–Trinajstić information content (AvgIpc) is 2.92. The normalized spacial score (nSPS) is 12.0. The minimum atomic E-state index is -4.53. The Morgan fingerprint density at radius 1 is 0.865 bits per heavy atom. The van der Waals surface area contributed by atoms with Crippen LogP contribution < -0.4 is 14.8 Å². The van der Waals surface area contributed by atoms with Gasteiger partial charge in [0.1, 0.15) is 0 Å². The zero-order valence-corrected chi connectivity index (χ0v) is 20.6. The molecule has 4 aromatic rings. The Morgan fingerprint density at radius 3 is 2.11 bits per heavy atom. The third-order valence-electron chi connectivity index (χ3n) is 5.27. The molecule has 1 N–H and O–H groups in total. The molecule has 1 unspecified atom stereocenters. The van der Waals surface area contributed by atoms with Crippen molar-refractivity contribution < 1.29 is 27.4 Å². The maximum atomic E-state index is 13.0. The number of thioether (sulfide) groups is 1. The molecule has 0 radical (unpaired) electrons. The molecule has 0 fully saturated rings. The van der Waals surface area contributed by atoms with Gasteiger partial charge in [-0.15, -0.1) is 11.8 Å². The van der Waals surface area contributed by atoms with Crippen LogP contribution in [0.4, 0.5) is 18.9 Å². The van der Waals surface area contributed by atoms with E-state index in [0.717, 1.165) is 22.6 Å². The number of alkyl halides is 3. The molecule has 6 nitrogen and oxygen atoms in total. The number of aromatic nitrogens is 2. The molecule has 0 aliphatic rings. The number of hydrogen-bond donors (Lipinski definition) is 1. The Hall–Kier alpha value is -4.05. The molecule has 1 amide bonds. The van der Waals surface area contributed by atoms with Crippen LogP contribution in [0.3, 0.4) is 0 Å². The van der Waals surface area contributed by atoms with Gasteiger partial charge in [0.25, 0.3) is 5.91 Å². The van der Waals surface area contributed by atoms with Crippen LogP contribution in [-0.4, -0.2) is 30.1 Å². The number of rotatable bonds is 8. The van der Waals surface area contributed by atoms with Crippen molar-refractivity contribution >= 4 is 23.4 Å². The van der Waals surface area contributed by atoms with Gasteiger partial charge in [0.15, 0.2) is 5.82 Å². The lowest BCUT2D eigenvalue weighted by Gasteiger charge is -2.17. The number of amides is 1. The first kappa shape index (κ1) is 26.0. The quantitative estimate of drug-likeness (QED) is 0.260. The zero-order valence-electron chi connectivity index (χ0n) is 19.8. The van der Waals surface area contributed by atoms with Crippen LogP contribution in [0.15, 0.2) is 89.8 Å². The van der Waals surface area contributed by atoms with E-state index < -0.39 is 17.6 Å². The number of anilines is 1. The van der Waals surface area contributed by atoms with Gasteiger partial charge in [0, 0.05) is 16.1 Å². The van der Waals surface area contributed by atoms with Gasteiger partial charge >= 0.3 is 6.18 Å². The monoisotopic (exact) mass is 525 g/mol. The van der Waals surface area contributed by atoms with Crippen LogP contribution in [0, 0.1) is 0 Å². The number of nitrogens with zero attached hydrogens (tertiary/aromatic N) is 2. The first-order valence-corrected chi connectivity index (χ1v) is 11.9. The molecule has 3 aromatic carbocycles. The summed E-state index contributed by atoms with van der Waals surface area (Å²) in [6, 6.07) is 22.6. The number of nitrogens with one attached hydrogen (secondary N) is 1. The van der Waals surface area contributed by atoms with Crippen molar-refractivity contribution in [2.24, 2.45) is 0 Å². The SMILES string of the molecule is COc1cc(OC)nc(C(Sc2ccc(NC(=O)c3cccc(C(F)(F)F)c3)cc2)c2ccccc2)n1. The highest BCUT2D eigenvalue weighted by Crippen LogP contribution is 2.40. The molecule has 1 atom stereocenters. The number of ether oxygens (including phenoxy) is 2. The van der Waals surface area contributed by atoms with E-state index in [-0.39, 0.29) is 10.8 Å². The predicted octanol–water partition coefficient (Wildman–Crippen LogP) is 6.65. The molecule has 0 bridgehead atoms. The van der Waals surface area contributed by atoms with E-state index in [2.05, 4.69) is 15.3 Å². The molecular weight excluding hydrogens is 503 g/mol. The number of carbonyl (C=O) groups excluding carboxylic acids is 1. The van der Waals surface area contributed by atoms with Crippen LogP contribution in [0.1, 0.15) is 32.6 Å². The summed E-state index contributed by atoms with van der Waals surface area (Å²) in [4.78, 5) is 22.4. The topological polar surface area (TPSA) is 73.3 Å². The highest BCUT2D eigenvalue weighted by atomic mass is 32.2. The van der Waals surface area contributed by atoms with Crippen molar-refractivity contribution in [3.63, 3.8) is 0 Å². The Bertz CT molecular complexity index is 1340. The summed E-state index contributed by atoms with van der Waals surface area (Å²) >= 11 is 1.49. The average molecular weight is 526 g/mol. The largest absolute Gasteiger partial charge is 0.481 e. The summed E-state index contributed by atoms with van der Waals surface area (Å²) in [7, 11) is 3.03. The third kappa shape index (κ3) is 6.59. The second-order valence-electron chi connectivity index (χ2n) is 7.78. The molecule has 0 saturated heterocycles. The van der Waals surface area contributed by atoms with Crippen molar-refractivity contribution in [3.05, 3.63) is 107 Å². The Kier molecular flexibility index (Phi) is 7.98. The van der Waals surface area contributed by atoms with Crippen LogP contribution in [-0.2, 0) is 6.18 Å². The molecule has 37 heavy (non-hydrogen) atoms. The summed E-state index contributed by atoms with van der Waals surface area (Å²) in [5.41, 5.74) is 0.448. The van der Waals surface area contributed by atoms with Gasteiger partial charge in [-0.25, -0.2) is 0 Å². The fourth-order valence-electron chi connectivity index (χ4n) is 3.44. The smallest absolute Gasteiger partial charge is 0.416 e. The number of benzene rings is 3. The summed E-state index contributed by atoms with van der Waals surface area (Å²) in [5, 5.41) is 2.34. The lowest BCUT2D eigenvalue weighted by Crippen LogP contribution is -2.13. The van der Waals surface area contributed by atoms with Crippen LogP contribution in [0.25, 0.3) is 0 Å². The molecule has 190 valence electrons. The lowest BCUT2D eigenvalue weighted by atomic mass is 10.1. The van der Waals surface area contributed by atoms with E-state index in [9.17, 15) is 18.0 Å². The maximum absolute atomic E-state index is 13.0. The van der Waals surface area contributed by atoms with Gasteiger partial charge < -0.3 is 14.8 Å². The summed E-state index contributed by atoms with van der Waals surface area (Å²) in [6.45, 7) is 0. The third-order valence-corrected chi connectivity index (χ3v) is 6.53. The van der Waals surface area contributed by atoms with Gasteiger partial charge in [-0.05, 0) is 48.0 Å². The highest BCUT2D eigenvalue weighted by molar-refractivity contribution is 7.99. The van der Waals surface area contributed by atoms with E-state index in [1.165, 1.54) is 38.1 Å². The summed E-state index contributed by atoms with van der Waals surface area (Å²) < 4.78 is 49.6. The molecule has 0 spiro atoms. The van der Waals surface area contributed by atoms with Crippen molar-refractivity contribution in [1.29, 1.82) is 0 Å². The number of hydrogen-bond acceptors (Lipinski definition) is 6. The summed E-state index contributed by atoms with van der Waals surface area (Å²) in [6.07, 6.45) is -4.53. The first-order valence-electron chi connectivity index (χ1n) is 11.0. The molecule has 10 heteroatoms. The van der Waals surface area contributed by atoms with Gasteiger partial charge in [0.05, 0.1) is 31.1 Å². The molecule has 4 rings (SSSR count). The maximum Gasteiger partial charge on any atom is 0.416 e. The van der Waals surface area contributed by atoms with E-state index in [1.54, 1.807) is 30.3 Å². The standard InChI is InChI=1S/C27H22F3N3O3S/c1-35-22-16-23(36-2)33-25(32-22)24(17-7-4-3-5-8-17)37-21-13-11-20(12-14-21)31-26(34)18-9-6-10-19(15-18)27(28,29)30/h3-16,24H,1-2H3,(H,31,34). The lowest BCUT2D eigenvalue weighted by molar-refractivity contribution is -0.137. The molecular formula is C27H22F3N3O3S. The fourth-order valence-corrected chi connectivity index (χ4v) is 4.51. The zero-order chi connectivity index (χ0) is 26.4. The molecule has 1 aromatic heterocycles. The predicted molar refractivity (Wildman–Crippen MR) is 135 cm³/mol. The Morgan fingerprint density at radius 2 is 1.51 bits per heavy atom. The number of halogens is 3. The minimum Gasteiger partial charge on any atom is -0.481 e. The van der Waals surface area contributed by atoms with Gasteiger partial charge in [0.2, 0.25) is 11.8 Å². The van der Waals surface area contributed by atoms with Crippen LogP contribution >= 0.6 is 11.8 Å². The minimum absolute atomic E-state index is 0.0819. The van der Waals surface area contributed by atoms with E-state index in [1.807, 2.05) is 30.3 Å². The van der Waals surface area contributed by atoms with Crippen molar-refractivity contribution in [2.45, 2.75) is 16.3 Å². The molecule has 0 aliphatic heterocycles. The summed E-state index contributed by atoms with van der Waals surface area (Å²) in [5.74, 6) is 0.604. The number of methoxy groups -OCH3 is 2. The molecule has 0 saturated carbocycles. The van der Waals surface area contributed by atoms with Gasteiger partial charge in [-0.2, -0.15) is 23.1 Å². The van der Waals surface area contributed by atoms with Crippen molar-refractivity contribution in [2.75, 3.05) is 19.5 Å². The Balaban J connectivity index is 1.55. The second-order valence-corrected chi connectivity index (χ2v) is 8.96. The Labute approximate surface area is 215 Å². The van der Waals surface area contributed by atoms with E-state index >= 15 is 0 Å². The van der Waals surface area contributed by atoms with E-state index in [0.29, 0.717) is 23.3 Å². The molecule has 1 heterocycles. The number of carbonyl (C=O) groups is 1. The van der Waals surface area contributed by atoms with E-state index in [4.69, 9.17) is 9.47 Å². The van der Waals surface area contributed by atoms with Gasteiger partial charge in [-0.1, -0.05) is 36.4 Å². The van der Waals surface area contributed by atoms with Crippen molar-refractivity contribution in [3.8, 4) is 11.8 Å². The van der Waals surface area contributed by atoms with Crippen LogP contribution in [0.2, 0.25) is 0 Å². The second kappa shape index (κ2) is 11.3. The highest BCUT2D eigenvalue weighted by Gasteiger charge is 2.31. The van der Waals surface area contributed by atoms with Crippen LogP contribution in [0.5, 0.6) is 11.8 Å². The van der Waals surface area contributed by atoms with Crippen molar-refractivity contribution in [1.82, 2.24) is 9.97 Å². The first-order chi connectivity index (χ1) is 17.8. The fraction of sp³-hybridized carbons (Fsp3) is 0.148. The molecule has 0 aliphatic carbocycles.